The van der Waals surface area contributed by atoms with Crippen LogP contribution in [0.4, 0.5) is 0 Å². The van der Waals surface area contributed by atoms with Crippen molar-refractivity contribution in [2.24, 2.45) is 5.73 Å². The Hall–Kier alpha value is -1.85. The van der Waals surface area contributed by atoms with Crippen LogP contribution in [0.1, 0.15) is 11.8 Å². The lowest BCUT2D eigenvalue weighted by atomic mass is 10.3. The molecule has 0 spiro atoms. The van der Waals surface area contributed by atoms with Crippen LogP contribution in [0.5, 0.6) is 0 Å². The van der Waals surface area contributed by atoms with E-state index in [9.17, 15) is 5.11 Å². The van der Waals surface area contributed by atoms with E-state index in [4.69, 9.17) is 5.73 Å². The number of aromatic amines is 1. The number of imidazole rings is 2. The van der Waals surface area contributed by atoms with Gasteiger partial charge in [0.15, 0.2) is 0 Å². The predicted molar refractivity (Wildman–Crippen MR) is 61.1 cm³/mol. The summed E-state index contributed by atoms with van der Waals surface area (Å²) >= 11 is 0. The number of aliphatic hydroxyl groups excluding tert-OH is 1. The maximum Gasteiger partial charge on any atom is 0.212 e. The Morgan fingerprint density at radius 1 is 1.44 bits per heavy atom. The zero-order valence-corrected chi connectivity index (χ0v) is 8.59. The van der Waals surface area contributed by atoms with Crippen molar-refractivity contribution in [2.75, 3.05) is 6.54 Å². The first-order valence-corrected chi connectivity index (χ1v) is 5.13. The molecule has 0 saturated carbocycles. The molecule has 0 radical (unpaired) electrons. The largest absolute Gasteiger partial charge is 0.386 e. The molecule has 0 fully saturated rings. The Balaban J connectivity index is 2.26. The number of hydrogen-bond acceptors (Lipinski definition) is 3. The third-order valence-corrected chi connectivity index (χ3v) is 2.70. The topological polar surface area (TPSA) is 79.3 Å². The molecule has 3 aromatic rings. The molecular weight excluding hydrogens is 204 g/mol. The minimum atomic E-state index is -0.666. The van der Waals surface area contributed by atoms with Gasteiger partial charge in [-0.1, -0.05) is 12.1 Å². The molecule has 2 heterocycles. The van der Waals surface area contributed by atoms with Gasteiger partial charge in [-0.3, -0.25) is 4.40 Å². The van der Waals surface area contributed by atoms with Crippen LogP contribution in [0.15, 0.2) is 30.5 Å². The predicted octanol–water partition coefficient (Wildman–Crippen LogP) is 0.808. The summed E-state index contributed by atoms with van der Waals surface area (Å²) in [5.41, 5.74) is 8.05. The zero-order valence-electron chi connectivity index (χ0n) is 8.59. The van der Waals surface area contributed by atoms with Gasteiger partial charge in [0.25, 0.3) is 0 Å². The Morgan fingerprint density at radius 2 is 2.25 bits per heavy atom. The summed E-state index contributed by atoms with van der Waals surface area (Å²) in [6.45, 7) is 0.196. The molecule has 0 saturated heterocycles. The molecule has 82 valence electrons. The van der Waals surface area contributed by atoms with Gasteiger partial charge in [-0.05, 0) is 12.1 Å². The van der Waals surface area contributed by atoms with Crippen LogP contribution in [0.2, 0.25) is 0 Å². The maximum absolute atomic E-state index is 9.62. The third-order valence-electron chi connectivity index (χ3n) is 2.70. The molecule has 0 aliphatic heterocycles. The molecule has 5 nitrogen and oxygen atoms in total. The lowest BCUT2D eigenvalue weighted by Gasteiger charge is -2.02. The van der Waals surface area contributed by atoms with Crippen LogP contribution >= 0.6 is 0 Å². The lowest BCUT2D eigenvalue weighted by Crippen LogP contribution is -2.11. The third kappa shape index (κ3) is 1.22. The van der Waals surface area contributed by atoms with Gasteiger partial charge in [0.1, 0.15) is 6.10 Å². The maximum atomic E-state index is 9.62. The van der Waals surface area contributed by atoms with E-state index in [1.165, 1.54) is 0 Å². The highest BCUT2D eigenvalue weighted by Crippen LogP contribution is 2.18. The standard InChI is InChI=1S/C11H12N4O/c12-5-10(16)8-6-15-9-4-2-1-3-7(9)13-11(15)14-8/h1-4,6,10,16H,5,12H2,(H,13,14). The molecule has 1 aromatic carbocycles. The van der Waals surface area contributed by atoms with Crippen molar-refractivity contribution in [3.8, 4) is 0 Å². The number of fused-ring (bicyclic) bond motifs is 3. The van der Waals surface area contributed by atoms with Crippen molar-refractivity contribution < 1.29 is 5.11 Å². The summed E-state index contributed by atoms with van der Waals surface area (Å²) in [7, 11) is 0. The fourth-order valence-electron chi connectivity index (χ4n) is 1.86. The first kappa shape index (κ1) is 9.38. The molecule has 1 atom stereocenters. The average Bonchev–Trinajstić information content (AvgIpc) is 2.85. The number of para-hydroxylation sites is 2. The number of benzene rings is 1. The normalized spacial score (nSPS) is 13.6. The van der Waals surface area contributed by atoms with Gasteiger partial charge in [0.05, 0.1) is 16.7 Å². The zero-order chi connectivity index (χ0) is 11.1. The van der Waals surface area contributed by atoms with E-state index in [0.29, 0.717) is 5.69 Å². The van der Waals surface area contributed by atoms with E-state index in [1.807, 2.05) is 34.9 Å². The number of aliphatic hydroxyl groups is 1. The van der Waals surface area contributed by atoms with E-state index in [0.717, 1.165) is 16.8 Å². The second-order valence-electron chi connectivity index (χ2n) is 3.76. The van der Waals surface area contributed by atoms with Gasteiger partial charge in [0, 0.05) is 12.7 Å². The highest BCUT2D eigenvalue weighted by atomic mass is 16.3. The highest BCUT2D eigenvalue weighted by molar-refractivity contribution is 5.79. The first-order valence-electron chi connectivity index (χ1n) is 5.13. The van der Waals surface area contributed by atoms with Crippen LogP contribution < -0.4 is 5.73 Å². The summed E-state index contributed by atoms with van der Waals surface area (Å²) < 4.78 is 1.92. The molecule has 0 aliphatic rings. The summed E-state index contributed by atoms with van der Waals surface area (Å²) in [5, 5.41) is 9.62. The molecule has 1 unspecified atom stereocenters. The van der Waals surface area contributed by atoms with Gasteiger partial charge >= 0.3 is 0 Å². The Labute approximate surface area is 91.5 Å². The van der Waals surface area contributed by atoms with E-state index < -0.39 is 6.10 Å². The molecule has 16 heavy (non-hydrogen) atoms. The fourth-order valence-corrected chi connectivity index (χ4v) is 1.86. The molecule has 0 bridgehead atoms. The number of nitrogens with zero attached hydrogens (tertiary/aromatic N) is 2. The van der Waals surface area contributed by atoms with E-state index in [1.54, 1.807) is 0 Å². The lowest BCUT2D eigenvalue weighted by molar-refractivity contribution is 0.182. The number of nitrogens with two attached hydrogens (primary N) is 1. The van der Waals surface area contributed by atoms with E-state index in [-0.39, 0.29) is 6.54 Å². The monoisotopic (exact) mass is 216 g/mol. The smallest absolute Gasteiger partial charge is 0.212 e. The van der Waals surface area contributed by atoms with Gasteiger partial charge in [0.2, 0.25) is 5.78 Å². The Morgan fingerprint density at radius 3 is 3.06 bits per heavy atom. The van der Waals surface area contributed by atoms with Crippen LogP contribution in [-0.2, 0) is 0 Å². The SMILES string of the molecule is NCC(O)c1cn2c(nc3ccccc32)[nH]1. The van der Waals surface area contributed by atoms with Crippen molar-refractivity contribution in [3.05, 3.63) is 36.2 Å². The Bertz CT molecular complexity index is 640. The minimum Gasteiger partial charge on any atom is -0.386 e. The van der Waals surface area contributed by atoms with Crippen molar-refractivity contribution in [3.63, 3.8) is 0 Å². The minimum absolute atomic E-state index is 0.196. The van der Waals surface area contributed by atoms with Crippen LogP contribution in [-0.4, -0.2) is 26.0 Å². The Kier molecular flexibility index (Phi) is 1.95. The molecule has 0 amide bonds. The molecule has 2 aromatic heterocycles. The van der Waals surface area contributed by atoms with E-state index >= 15 is 0 Å². The summed E-state index contributed by atoms with van der Waals surface area (Å²) in [6, 6.07) is 7.85. The number of aromatic nitrogens is 3. The van der Waals surface area contributed by atoms with Gasteiger partial charge < -0.3 is 15.8 Å². The first-order chi connectivity index (χ1) is 7.79. The highest BCUT2D eigenvalue weighted by Gasteiger charge is 2.11. The second-order valence-corrected chi connectivity index (χ2v) is 3.76. The van der Waals surface area contributed by atoms with Crippen molar-refractivity contribution >= 4 is 16.8 Å². The fraction of sp³-hybridized carbons (Fsp3) is 0.182. The summed E-state index contributed by atoms with van der Waals surface area (Å²) in [5.74, 6) is 0.726. The molecule has 5 heteroatoms. The number of nitrogens with one attached hydrogen (secondary N) is 1. The van der Waals surface area contributed by atoms with Crippen LogP contribution in [0.3, 0.4) is 0 Å². The van der Waals surface area contributed by atoms with E-state index in [2.05, 4.69) is 9.97 Å². The number of rotatable bonds is 2. The van der Waals surface area contributed by atoms with Gasteiger partial charge in [-0.25, -0.2) is 4.98 Å². The summed E-state index contributed by atoms with van der Waals surface area (Å²) in [4.78, 5) is 7.47. The molecule has 3 rings (SSSR count). The van der Waals surface area contributed by atoms with Gasteiger partial charge in [-0.2, -0.15) is 0 Å². The molecular formula is C11H12N4O. The molecule has 4 N–H and O–H groups in total. The number of hydrogen-bond donors (Lipinski definition) is 3. The number of H-pyrrole nitrogens is 1. The second kappa shape index (κ2) is 3.33. The van der Waals surface area contributed by atoms with Crippen LogP contribution in [0.25, 0.3) is 16.8 Å². The quantitative estimate of drug-likeness (QED) is 0.593. The van der Waals surface area contributed by atoms with Crippen LogP contribution in [0, 0.1) is 0 Å². The van der Waals surface area contributed by atoms with Crippen molar-refractivity contribution in [1.29, 1.82) is 0 Å². The van der Waals surface area contributed by atoms with Crippen molar-refractivity contribution in [1.82, 2.24) is 14.4 Å². The van der Waals surface area contributed by atoms with Crippen molar-refractivity contribution in [2.45, 2.75) is 6.10 Å². The molecule has 0 aliphatic carbocycles. The average molecular weight is 216 g/mol. The summed E-state index contributed by atoms with van der Waals surface area (Å²) in [6.07, 6.45) is 1.17. The van der Waals surface area contributed by atoms with Gasteiger partial charge in [-0.15, -0.1) is 0 Å².